The van der Waals surface area contributed by atoms with E-state index in [0.717, 1.165) is 43.2 Å². The van der Waals surface area contributed by atoms with Gasteiger partial charge in [0.2, 0.25) is 0 Å². The molecule has 0 spiro atoms. The summed E-state index contributed by atoms with van der Waals surface area (Å²) in [6, 6.07) is 12.1. The molecule has 1 fully saturated rings. The van der Waals surface area contributed by atoms with Crippen LogP contribution in [-0.2, 0) is 18.3 Å². The van der Waals surface area contributed by atoms with E-state index < -0.39 is 0 Å². The van der Waals surface area contributed by atoms with Gasteiger partial charge in [-0.3, -0.25) is 4.68 Å². The summed E-state index contributed by atoms with van der Waals surface area (Å²) in [6.45, 7) is 2.33. The Morgan fingerprint density at radius 2 is 2.12 bits per heavy atom. The van der Waals surface area contributed by atoms with Gasteiger partial charge in [-0.15, -0.1) is 5.10 Å². The molecule has 1 saturated heterocycles. The molecule has 3 aromatic rings. The van der Waals surface area contributed by atoms with Crippen molar-refractivity contribution < 1.29 is 4.74 Å². The average Bonchev–Trinajstić information content (AvgIpc) is 3.32. The predicted octanol–water partition coefficient (Wildman–Crippen LogP) is 2.26. The van der Waals surface area contributed by atoms with E-state index in [-0.39, 0.29) is 6.10 Å². The molecule has 0 amide bonds. The first kappa shape index (κ1) is 16.9. The van der Waals surface area contributed by atoms with Gasteiger partial charge < -0.3 is 10.1 Å². The SMILES string of the molecule is Cn1nccc1[C@@H]1OCCC[C@H]1CNCc1ncn(-c2ccccc2)n1. The van der Waals surface area contributed by atoms with Crippen LogP contribution in [0.2, 0.25) is 0 Å². The van der Waals surface area contributed by atoms with Crippen molar-refractivity contribution >= 4 is 0 Å². The molecular weight excluding hydrogens is 328 g/mol. The summed E-state index contributed by atoms with van der Waals surface area (Å²) in [5, 5.41) is 12.3. The number of nitrogens with zero attached hydrogens (tertiary/aromatic N) is 5. The van der Waals surface area contributed by atoms with E-state index in [1.54, 1.807) is 11.0 Å². The van der Waals surface area contributed by atoms with Gasteiger partial charge in [0.05, 0.1) is 17.9 Å². The number of hydrogen-bond donors (Lipinski definition) is 1. The first-order chi connectivity index (χ1) is 12.8. The minimum absolute atomic E-state index is 0.0959. The fourth-order valence-corrected chi connectivity index (χ4v) is 3.50. The maximum atomic E-state index is 6.04. The number of aromatic nitrogens is 5. The molecule has 0 unspecified atom stereocenters. The van der Waals surface area contributed by atoms with Crippen molar-refractivity contribution in [3.05, 3.63) is 60.4 Å². The van der Waals surface area contributed by atoms with Gasteiger partial charge in [0.1, 0.15) is 12.4 Å². The zero-order valence-corrected chi connectivity index (χ0v) is 15.0. The highest BCUT2D eigenvalue weighted by Gasteiger charge is 2.29. The second-order valence-electron chi connectivity index (χ2n) is 6.65. The highest BCUT2D eigenvalue weighted by Crippen LogP contribution is 2.32. The van der Waals surface area contributed by atoms with Crippen LogP contribution < -0.4 is 5.32 Å². The van der Waals surface area contributed by atoms with Crippen LogP contribution in [-0.4, -0.2) is 37.7 Å². The number of aryl methyl sites for hydroxylation is 1. The Labute approximate surface area is 153 Å². The molecule has 0 bridgehead atoms. The summed E-state index contributed by atoms with van der Waals surface area (Å²) in [5.41, 5.74) is 2.16. The van der Waals surface area contributed by atoms with Crippen LogP contribution >= 0.6 is 0 Å². The predicted molar refractivity (Wildman–Crippen MR) is 97.7 cm³/mol. The molecule has 1 aliphatic rings. The molecule has 136 valence electrons. The lowest BCUT2D eigenvalue weighted by molar-refractivity contribution is -0.0323. The topological polar surface area (TPSA) is 69.8 Å². The number of nitrogens with one attached hydrogen (secondary N) is 1. The molecule has 2 atom stereocenters. The zero-order chi connectivity index (χ0) is 17.8. The molecule has 7 nitrogen and oxygen atoms in total. The van der Waals surface area contributed by atoms with E-state index in [0.29, 0.717) is 12.5 Å². The minimum Gasteiger partial charge on any atom is -0.372 e. The fraction of sp³-hybridized carbons (Fsp3) is 0.421. The third kappa shape index (κ3) is 3.68. The Morgan fingerprint density at radius 3 is 2.92 bits per heavy atom. The zero-order valence-electron chi connectivity index (χ0n) is 15.0. The molecule has 2 aromatic heterocycles. The van der Waals surface area contributed by atoms with E-state index in [2.05, 4.69) is 20.5 Å². The van der Waals surface area contributed by atoms with Crippen molar-refractivity contribution in [1.82, 2.24) is 29.9 Å². The summed E-state index contributed by atoms with van der Waals surface area (Å²) >= 11 is 0. The van der Waals surface area contributed by atoms with Gasteiger partial charge >= 0.3 is 0 Å². The molecule has 26 heavy (non-hydrogen) atoms. The number of benzene rings is 1. The monoisotopic (exact) mass is 352 g/mol. The highest BCUT2D eigenvalue weighted by molar-refractivity contribution is 5.29. The number of ether oxygens (including phenoxy) is 1. The lowest BCUT2D eigenvalue weighted by atomic mass is 9.92. The Kier molecular flexibility index (Phi) is 5.08. The van der Waals surface area contributed by atoms with E-state index in [1.807, 2.05) is 54.3 Å². The Hall–Kier alpha value is -2.51. The minimum atomic E-state index is 0.0959. The summed E-state index contributed by atoms with van der Waals surface area (Å²) in [5.74, 6) is 1.22. The van der Waals surface area contributed by atoms with Crippen LogP contribution in [0.5, 0.6) is 0 Å². The molecule has 1 N–H and O–H groups in total. The molecule has 0 aliphatic carbocycles. The smallest absolute Gasteiger partial charge is 0.164 e. The van der Waals surface area contributed by atoms with Crippen LogP contribution in [0.25, 0.3) is 5.69 Å². The van der Waals surface area contributed by atoms with Crippen molar-refractivity contribution in [3.63, 3.8) is 0 Å². The van der Waals surface area contributed by atoms with Crippen molar-refractivity contribution in [2.24, 2.45) is 13.0 Å². The van der Waals surface area contributed by atoms with Crippen molar-refractivity contribution in [2.45, 2.75) is 25.5 Å². The van der Waals surface area contributed by atoms with Crippen molar-refractivity contribution in [3.8, 4) is 5.69 Å². The first-order valence-corrected chi connectivity index (χ1v) is 9.07. The molecule has 3 heterocycles. The van der Waals surface area contributed by atoms with Gasteiger partial charge in [-0.1, -0.05) is 18.2 Å². The van der Waals surface area contributed by atoms with Gasteiger partial charge in [0.25, 0.3) is 0 Å². The number of para-hydroxylation sites is 1. The summed E-state index contributed by atoms with van der Waals surface area (Å²) < 4.78 is 9.76. The highest BCUT2D eigenvalue weighted by atomic mass is 16.5. The molecule has 7 heteroatoms. The molecular formula is C19H24N6O. The Balaban J connectivity index is 1.35. The summed E-state index contributed by atoms with van der Waals surface area (Å²) in [7, 11) is 1.97. The van der Waals surface area contributed by atoms with Gasteiger partial charge in [0, 0.05) is 32.3 Å². The standard InChI is InChI=1S/C19H24N6O/c1-24-17(9-10-22-24)19-15(6-5-11-26-19)12-20-13-18-21-14-25(23-18)16-7-3-2-4-8-16/h2-4,7-10,14-15,19-20H,5-6,11-13H2,1H3/t15-,19+/m0/s1. The van der Waals surface area contributed by atoms with Gasteiger partial charge in [-0.25, -0.2) is 9.67 Å². The van der Waals surface area contributed by atoms with E-state index in [1.165, 1.54) is 0 Å². The van der Waals surface area contributed by atoms with Crippen LogP contribution in [0, 0.1) is 5.92 Å². The van der Waals surface area contributed by atoms with Gasteiger partial charge in [-0.2, -0.15) is 5.10 Å². The Morgan fingerprint density at radius 1 is 1.23 bits per heavy atom. The Bertz CT molecular complexity index is 827. The van der Waals surface area contributed by atoms with Crippen molar-refractivity contribution in [2.75, 3.05) is 13.2 Å². The van der Waals surface area contributed by atoms with Crippen LogP contribution in [0.3, 0.4) is 0 Å². The van der Waals surface area contributed by atoms with Crippen LogP contribution in [0.4, 0.5) is 0 Å². The molecule has 1 aliphatic heterocycles. The lowest BCUT2D eigenvalue weighted by Crippen LogP contribution is -2.32. The van der Waals surface area contributed by atoms with Gasteiger partial charge in [0.15, 0.2) is 5.82 Å². The maximum absolute atomic E-state index is 6.04. The van der Waals surface area contributed by atoms with E-state index in [4.69, 9.17) is 4.74 Å². The molecule has 4 rings (SSSR count). The van der Waals surface area contributed by atoms with Crippen LogP contribution in [0.1, 0.15) is 30.5 Å². The number of rotatable bonds is 6. The second-order valence-corrected chi connectivity index (χ2v) is 6.65. The summed E-state index contributed by atoms with van der Waals surface area (Å²) in [6.07, 6.45) is 5.93. The lowest BCUT2D eigenvalue weighted by Gasteiger charge is -2.32. The molecule has 0 saturated carbocycles. The first-order valence-electron chi connectivity index (χ1n) is 9.07. The summed E-state index contributed by atoms with van der Waals surface area (Å²) in [4.78, 5) is 4.40. The third-order valence-corrected chi connectivity index (χ3v) is 4.84. The van der Waals surface area contributed by atoms with Crippen LogP contribution in [0.15, 0.2) is 48.9 Å². The maximum Gasteiger partial charge on any atom is 0.164 e. The van der Waals surface area contributed by atoms with Crippen molar-refractivity contribution in [1.29, 1.82) is 0 Å². The largest absolute Gasteiger partial charge is 0.372 e. The number of hydrogen-bond acceptors (Lipinski definition) is 5. The van der Waals surface area contributed by atoms with E-state index >= 15 is 0 Å². The fourth-order valence-electron chi connectivity index (χ4n) is 3.50. The molecule has 1 aromatic carbocycles. The quantitative estimate of drug-likeness (QED) is 0.737. The van der Waals surface area contributed by atoms with E-state index in [9.17, 15) is 0 Å². The second kappa shape index (κ2) is 7.80. The average molecular weight is 352 g/mol. The van der Waals surface area contributed by atoms with Gasteiger partial charge in [-0.05, 0) is 31.0 Å². The normalized spacial score (nSPS) is 20.3. The molecule has 0 radical (unpaired) electrons. The third-order valence-electron chi connectivity index (χ3n) is 4.84.